The van der Waals surface area contributed by atoms with Crippen molar-refractivity contribution >= 4 is 5.96 Å². The first kappa shape index (κ1) is 19.0. The quantitative estimate of drug-likeness (QED) is 0.307. The lowest BCUT2D eigenvalue weighted by Gasteiger charge is -2.37. The molecule has 0 aromatic carbocycles. The smallest absolute Gasteiger partial charge is 0.193 e. The summed E-state index contributed by atoms with van der Waals surface area (Å²) in [6, 6.07) is 0. The Morgan fingerprint density at radius 2 is 2.09 bits per heavy atom. The number of allylic oxidation sites excluding steroid dienone is 1. The highest BCUT2D eigenvalue weighted by Gasteiger charge is 2.32. The fraction of sp³-hybridized carbons (Fsp3) is 0.824. The second kappa shape index (κ2) is 10.6. The first-order valence-corrected chi connectivity index (χ1v) is 8.33. The molecule has 128 valence electrons. The molecular formula is C17H33N3O2. The molecule has 0 amide bonds. The average Bonchev–Trinajstić information content (AvgIpc) is 2.56. The van der Waals surface area contributed by atoms with E-state index in [0.29, 0.717) is 0 Å². The molecule has 1 N–H and O–H groups in total. The second-order valence-corrected chi connectivity index (χ2v) is 5.96. The van der Waals surface area contributed by atoms with E-state index in [0.717, 1.165) is 51.5 Å². The molecule has 22 heavy (non-hydrogen) atoms. The molecule has 0 saturated carbocycles. The van der Waals surface area contributed by atoms with Crippen molar-refractivity contribution in [1.82, 2.24) is 10.2 Å². The first-order chi connectivity index (χ1) is 10.7. The van der Waals surface area contributed by atoms with Gasteiger partial charge < -0.3 is 19.7 Å². The lowest BCUT2D eigenvalue weighted by Crippen LogP contribution is -2.51. The van der Waals surface area contributed by atoms with E-state index in [9.17, 15) is 0 Å². The van der Waals surface area contributed by atoms with Crippen LogP contribution in [0.1, 0.15) is 38.5 Å². The molecule has 0 bridgehead atoms. The molecule has 0 aromatic heterocycles. The van der Waals surface area contributed by atoms with Crippen LogP contribution >= 0.6 is 0 Å². The van der Waals surface area contributed by atoms with Crippen molar-refractivity contribution in [3.8, 4) is 0 Å². The van der Waals surface area contributed by atoms with E-state index in [4.69, 9.17) is 9.47 Å². The second-order valence-electron chi connectivity index (χ2n) is 5.96. The van der Waals surface area contributed by atoms with Crippen LogP contribution in [0.25, 0.3) is 0 Å². The summed E-state index contributed by atoms with van der Waals surface area (Å²) >= 11 is 0. The third kappa shape index (κ3) is 6.36. The molecule has 0 aliphatic carbocycles. The topological polar surface area (TPSA) is 46.1 Å². The van der Waals surface area contributed by atoms with Crippen molar-refractivity contribution in [2.45, 2.75) is 44.1 Å². The Morgan fingerprint density at radius 3 is 2.68 bits per heavy atom. The molecule has 1 saturated heterocycles. The Hall–Kier alpha value is -1.07. The predicted molar refractivity (Wildman–Crippen MR) is 92.4 cm³/mol. The maximum absolute atomic E-state index is 5.75. The number of ether oxygens (including phenoxy) is 2. The molecule has 0 radical (unpaired) electrons. The van der Waals surface area contributed by atoms with Crippen LogP contribution in [0.2, 0.25) is 0 Å². The van der Waals surface area contributed by atoms with Crippen molar-refractivity contribution in [3.63, 3.8) is 0 Å². The van der Waals surface area contributed by atoms with Crippen LogP contribution in [0, 0.1) is 0 Å². The summed E-state index contributed by atoms with van der Waals surface area (Å²) in [7, 11) is 5.71. The maximum atomic E-state index is 5.75. The summed E-state index contributed by atoms with van der Waals surface area (Å²) in [5.41, 5.74) is -0.126. The van der Waals surface area contributed by atoms with E-state index in [1.54, 1.807) is 7.11 Å². The molecule has 0 unspecified atom stereocenters. The zero-order chi connectivity index (χ0) is 16.3. The number of hydrogen-bond acceptors (Lipinski definition) is 3. The number of nitrogens with zero attached hydrogens (tertiary/aromatic N) is 2. The van der Waals surface area contributed by atoms with Crippen molar-refractivity contribution in [1.29, 1.82) is 0 Å². The van der Waals surface area contributed by atoms with Gasteiger partial charge in [0.2, 0.25) is 0 Å². The molecule has 1 aliphatic rings. The molecule has 5 nitrogen and oxygen atoms in total. The van der Waals surface area contributed by atoms with E-state index in [2.05, 4.69) is 28.8 Å². The number of rotatable bonds is 9. The Morgan fingerprint density at radius 1 is 1.36 bits per heavy atom. The third-order valence-corrected chi connectivity index (χ3v) is 4.38. The number of aliphatic imine (C=N–C) groups is 1. The van der Waals surface area contributed by atoms with Gasteiger partial charge in [0.05, 0.1) is 5.60 Å². The standard InChI is InChI=1S/C17H33N3O2/c1-5-6-7-8-9-12-20(3)16(18-2)19-15-17(21-4)10-13-22-14-11-17/h5H,1,6-15H2,2-4H3,(H,18,19). The highest BCUT2D eigenvalue weighted by Crippen LogP contribution is 2.23. The third-order valence-electron chi connectivity index (χ3n) is 4.38. The molecule has 0 aromatic rings. The molecule has 5 heteroatoms. The van der Waals surface area contributed by atoms with Gasteiger partial charge in [0.1, 0.15) is 0 Å². The zero-order valence-corrected chi connectivity index (χ0v) is 14.6. The SMILES string of the molecule is C=CCCCCCN(C)C(=NC)NCC1(OC)CCOCC1. The lowest BCUT2D eigenvalue weighted by molar-refractivity contribution is -0.0857. The van der Waals surface area contributed by atoms with Gasteiger partial charge in [-0.25, -0.2) is 0 Å². The van der Waals surface area contributed by atoms with Crippen LogP contribution in [0.15, 0.2) is 17.6 Å². The van der Waals surface area contributed by atoms with Gasteiger partial charge in [-0.05, 0) is 19.3 Å². The molecule has 1 aliphatic heterocycles. The molecule has 1 heterocycles. The Kier molecular flexibility index (Phi) is 9.16. The van der Waals surface area contributed by atoms with Crippen LogP contribution < -0.4 is 5.32 Å². The van der Waals surface area contributed by atoms with Gasteiger partial charge in [-0.3, -0.25) is 4.99 Å². The number of nitrogens with one attached hydrogen (secondary N) is 1. The van der Waals surface area contributed by atoms with E-state index in [1.807, 2.05) is 13.1 Å². The number of methoxy groups -OCH3 is 1. The molecule has 1 rings (SSSR count). The number of hydrogen-bond donors (Lipinski definition) is 1. The van der Waals surface area contributed by atoms with Crippen LogP contribution in [0.5, 0.6) is 0 Å². The van der Waals surface area contributed by atoms with E-state index in [-0.39, 0.29) is 5.60 Å². The van der Waals surface area contributed by atoms with Gasteiger partial charge in [0.25, 0.3) is 0 Å². The van der Waals surface area contributed by atoms with Crippen molar-refractivity contribution < 1.29 is 9.47 Å². The maximum Gasteiger partial charge on any atom is 0.193 e. The normalized spacial score (nSPS) is 18.0. The van der Waals surface area contributed by atoms with Gasteiger partial charge in [-0.2, -0.15) is 0 Å². The minimum absolute atomic E-state index is 0.126. The summed E-state index contributed by atoms with van der Waals surface area (Å²) < 4.78 is 11.2. The van der Waals surface area contributed by atoms with E-state index in [1.165, 1.54) is 19.3 Å². The Balaban J connectivity index is 2.35. The minimum atomic E-state index is -0.126. The van der Waals surface area contributed by atoms with Crippen molar-refractivity contribution in [2.24, 2.45) is 4.99 Å². The Bertz CT molecular complexity index is 339. The monoisotopic (exact) mass is 311 g/mol. The van der Waals surface area contributed by atoms with Gasteiger partial charge in [-0.15, -0.1) is 6.58 Å². The highest BCUT2D eigenvalue weighted by atomic mass is 16.5. The van der Waals surface area contributed by atoms with Gasteiger partial charge in [-0.1, -0.05) is 12.5 Å². The molecule has 1 fully saturated rings. The van der Waals surface area contributed by atoms with Crippen molar-refractivity contribution in [3.05, 3.63) is 12.7 Å². The lowest BCUT2D eigenvalue weighted by atomic mass is 9.94. The molecule has 0 atom stereocenters. The number of guanidine groups is 1. The van der Waals surface area contributed by atoms with Crippen LogP contribution in [-0.4, -0.2) is 64.0 Å². The van der Waals surface area contributed by atoms with E-state index >= 15 is 0 Å². The van der Waals surface area contributed by atoms with Gasteiger partial charge in [0.15, 0.2) is 5.96 Å². The summed E-state index contributed by atoms with van der Waals surface area (Å²) in [4.78, 5) is 6.57. The molecular weight excluding hydrogens is 278 g/mol. The average molecular weight is 311 g/mol. The summed E-state index contributed by atoms with van der Waals surface area (Å²) in [6.07, 6.45) is 8.58. The summed E-state index contributed by atoms with van der Waals surface area (Å²) in [5, 5.41) is 3.46. The first-order valence-electron chi connectivity index (χ1n) is 8.33. The van der Waals surface area contributed by atoms with Crippen LogP contribution in [0.3, 0.4) is 0 Å². The van der Waals surface area contributed by atoms with Gasteiger partial charge in [0, 0.05) is 60.4 Å². The van der Waals surface area contributed by atoms with E-state index < -0.39 is 0 Å². The summed E-state index contributed by atoms with van der Waals surface area (Å²) in [5.74, 6) is 0.937. The molecule has 0 spiro atoms. The fourth-order valence-electron chi connectivity index (χ4n) is 2.74. The van der Waals surface area contributed by atoms with Gasteiger partial charge >= 0.3 is 0 Å². The minimum Gasteiger partial charge on any atom is -0.381 e. The fourth-order valence-corrected chi connectivity index (χ4v) is 2.74. The highest BCUT2D eigenvalue weighted by molar-refractivity contribution is 5.79. The Labute approximate surface area is 135 Å². The number of unbranched alkanes of at least 4 members (excludes halogenated alkanes) is 3. The zero-order valence-electron chi connectivity index (χ0n) is 14.6. The van der Waals surface area contributed by atoms with Crippen LogP contribution in [0.4, 0.5) is 0 Å². The summed E-state index contributed by atoms with van der Waals surface area (Å²) in [6.45, 7) is 7.09. The van der Waals surface area contributed by atoms with Crippen LogP contribution in [-0.2, 0) is 9.47 Å². The largest absolute Gasteiger partial charge is 0.381 e. The predicted octanol–water partition coefficient (Wildman–Crippen LogP) is 2.44. The van der Waals surface area contributed by atoms with Crippen molar-refractivity contribution in [2.75, 3.05) is 47.5 Å².